The van der Waals surface area contributed by atoms with Gasteiger partial charge in [0.2, 0.25) is 0 Å². The van der Waals surface area contributed by atoms with Crippen molar-refractivity contribution in [2.24, 2.45) is 5.92 Å². The van der Waals surface area contributed by atoms with Gasteiger partial charge in [0.1, 0.15) is 0 Å². The Kier molecular flexibility index (Phi) is 6.12. The molecule has 4 heteroatoms. The third-order valence-electron chi connectivity index (χ3n) is 4.56. The van der Waals surface area contributed by atoms with Crippen molar-refractivity contribution in [3.8, 4) is 0 Å². The molecule has 118 valence electrons. The van der Waals surface area contributed by atoms with E-state index in [1.54, 1.807) is 12.4 Å². The second kappa shape index (κ2) is 7.85. The van der Waals surface area contributed by atoms with Gasteiger partial charge in [-0.2, -0.15) is 0 Å². The summed E-state index contributed by atoms with van der Waals surface area (Å²) in [6, 6.07) is 0.138. The Bertz CT molecular complexity index is 402. The zero-order chi connectivity index (χ0) is 15.1. The fourth-order valence-electron chi connectivity index (χ4n) is 3.36. The van der Waals surface area contributed by atoms with E-state index in [0.717, 1.165) is 44.0 Å². The highest BCUT2D eigenvalue weighted by molar-refractivity contribution is 5.11. The van der Waals surface area contributed by atoms with Crippen molar-refractivity contribution in [1.82, 2.24) is 15.3 Å². The maximum Gasteiger partial charge on any atom is 0.0892 e. The summed E-state index contributed by atoms with van der Waals surface area (Å²) < 4.78 is 6.30. The van der Waals surface area contributed by atoms with Crippen LogP contribution in [0.15, 0.2) is 18.6 Å². The standard InChI is InChI=1S/C17H29N3O/c1-4-10-20-16(15-13-18-11-12-19-15)17(21-5-2)8-6-14(3)7-9-17/h11-14,16,20H,4-10H2,1-3H3. The van der Waals surface area contributed by atoms with Gasteiger partial charge in [-0.25, -0.2) is 0 Å². The van der Waals surface area contributed by atoms with Gasteiger partial charge < -0.3 is 10.1 Å². The van der Waals surface area contributed by atoms with Crippen LogP contribution in [0.3, 0.4) is 0 Å². The summed E-state index contributed by atoms with van der Waals surface area (Å²) in [6.07, 6.45) is 11.1. The molecule has 1 N–H and O–H groups in total. The summed E-state index contributed by atoms with van der Waals surface area (Å²) in [7, 11) is 0. The van der Waals surface area contributed by atoms with E-state index in [1.165, 1.54) is 12.8 Å². The van der Waals surface area contributed by atoms with Crippen LogP contribution in [0.25, 0.3) is 0 Å². The molecule has 1 aliphatic rings. The number of nitrogens with one attached hydrogen (secondary N) is 1. The Labute approximate surface area is 128 Å². The fourth-order valence-corrected chi connectivity index (χ4v) is 3.36. The van der Waals surface area contributed by atoms with Gasteiger partial charge in [0.05, 0.1) is 23.5 Å². The molecule has 0 aliphatic heterocycles. The first-order chi connectivity index (χ1) is 10.2. The number of hydrogen-bond donors (Lipinski definition) is 1. The summed E-state index contributed by atoms with van der Waals surface area (Å²) in [6.45, 7) is 8.35. The molecule has 0 saturated heterocycles. The smallest absolute Gasteiger partial charge is 0.0892 e. The maximum atomic E-state index is 6.30. The molecule has 0 radical (unpaired) electrons. The number of rotatable bonds is 7. The highest BCUT2D eigenvalue weighted by Crippen LogP contribution is 2.42. The molecule has 1 fully saturated rings. The van der Waals surface area contributed by atoms with Crippen LogP contribution < -0.4 is 5.32 Å². The summed E-state index contributed by atoms with van der Waals surface area (Å²) in [5.41, 5.74) is 0.876. The predicted octanol–water partition coefficient (Wildman–Crippen LogP) is 3.50. The van der Waals surface area contributed by atoms with Crippen molar-refractivity contribution in [1.29, 1.82) is 0 Å². The molecule has 4 nitrogen and oxygen atoms in total. The zero-order valence-corrected chi connectivity index (χ0v) is 13.6. The first kappa shape index (κ1) is 16.4. The van der Waals surface area contributed by atoms with Crippen molar-refractivity contribution >= 4 is 0 Å². The van der Waals surface area contributed by atoms with Crippen LogP contribution in [-0.2, 0) is 4.74 Å². The van der Waals surface area contributed by atoms with Gasteiger partial charge in [-0.15, -0.1) is 0 Å². The van der Waals surface area contributed by atoms with Gasteiger partial charge in [-0.3, -0.25) is 9.97 Å². The molecule has 1 saturated carbocycles. The quantitative estimate of drug-likeness (QED) is 0.835. The lowest BCUT2D eigenvalue weighted by Crippen LogP contribution is -2.49. The van der Waals surface area contributed by atoms with E-state index in [1.807, 2.05) is 6.20 Å². The summed E-state index contributed by atoms with van der Waals surface area (Å²) in [4.78, 5) is 8.81. The van der Waals surface area contributed by atoms with E-state index in [9.17, 15) is 0 Å². The number of nitrogens with zero attached hydrogens (tertiary/aromatic N) is 2. The molecule has 1 heterocycles. The molecule has 0 aromatic carbocycles. The van der Waals surface area contributed by atoms with E-state index in [0.29, 0.717) is 0 Å². The second-order valence-electron chi connectivity index (χ2n) is 6.20. The van der Waals surface area contributed by atoms with Crippen molar-refractivity contribution in [3.63, 3.8) is 0 Å². The molecular weight excluding hydrogens is 262 g/mol. The van der Waals surface area contributed by atoms with Gasteiger partial charge in [-0.1, -0.05) is 13.8 Å². The van der Waals surface area contributed by atoms with E-state index in [4.69, 9.17) is 4.74 Å². The average molecular weight is 291 g/mol. The minimum atomic E-state index is -0.132. The average Bonchev–Trinajstić information content (AvgIpc) is 2.52. The normalized spacial score (nSPS) is 27.5. The molecule has 1 unspecified atom stereocenters. The Morgan fingerprint density at radius 3 is 2.67 bits per heavy atom. The monoisotopic (exact) mass is 291 g/mol. The minimum Gasteiger partial charge on any atom is -0.373 e. The van der Waals surface area contributed by atoms with Gasteiger partial charge in [0, 0.05) is 19.0 Å². The third-order valence-corrected chi connectivity index (χ3v) is 4.56. The second-order valence-corrected chi connectivity index (χ2v) is 6.20. The van der Waals surface area contributed by atoms with Gasteiger partial charge in [0.15, 0.2) is 0 Å². The zero-order valence-electron chi connectivity index (χ0n) is 13.6. The van der Waals surface area contributed by atoms with Crippen LogP contribution in [0.2, 0.25) is 0 Å². The van der Waals surface area contributed by atoms with Crippen LogP contribution in [-0.4, -0.2) is 28.7 Å². The van der Waals surface area contributed by atoms with Crippen LogP contribution in [0.5, 0.6) is 0 Å². The molecule has 1 aromatic rings. The van der Waals surface area contributed by atoms with Crippen molar-refractivity contribution in [2.45, 2.75) is 64.5 Å². The van der Waals surface area contributed by atoms with Gasteiger partial charge in [-0.05, 0) is 51.5 Å². The highest BCUT2D eigenvalue weighted by atomic mass is 16.5. The van der Waals surface area contributed by atoms with Crippen molar-refractivity contribution < 1.29 is 4.74 Å². The largest absolute Gasteiger partial charge is 0.373 e. The van der Waals surface area contributed by atoms with E-state index < -0.39 is 0 Å². The molecule has 0 spiro atoms. The number of ether oxygens (including phenoxy) is 1. The van der Waals surface area contributed by atoms with Gasteiger partial charge >= 0.3 is 0 Å². The third kappa shape index (κ3) is 4.01. The molecule has 0 amide bonds. The molecular formula is C17H29N3O. The Morgan fingerprint density at radius 2 is 2.10 bits per heavy atom. The van der Waals surface area contributed by atoms with E-state index in [2.05, 4.69) is 36.1 Å². The molecule has 0 bridgehead atoms. The Morgan fingerprint density at radius 1 is 1.33 bits per heavy atom. The number of aromatic nitrogens is 2. The summed E-state index contributed by atoms with van der Waals surface area (Å²) in [5, 5.41) is 3.67. The molecule has 1 aliphatic carbocycles. The summed E-state index contributed by atoms with van der Waals surface area (Å²) >= 11 is 0. The molecule has 2 rings (SSSR count). The fraction of sp³-hybridized carbons (Fsp3) is 0.765. The molecule has 1 atom stereocenters. The lowest BCUT2D eigenvalue weighted by atomic mass is 9.74. The van der Waals surface area contributed by atoms with Crippen LogP contribution in [0, 0.1) is 5.92 Å². The highest BCUT2D eigenvalue weighted by Gasteiger charge is 2.43. The maximum absolute atomic E-state index is 6.30. The topological polar surface area (TPSA) is 47.0 Å². The van der Waals surface area contributed by atoms with E-state index in [-0.39, 0.29) is 11.6 Å². The Balaban J connectivity index is 2.26. The van der Waals surface area contributed by atoms with Crippen molar-refractivity contribution in [3.05, 3.63) is 24.3 Å². The minimum absolute atomic E-state index is 0.132. The molecule has 1 aromatic heterocycles. The first-order valence-corrected chi connectivity index (χ1v) is 8.35. The van der Waals surface area contributed by atoms with Crippen LogP contribution >= 0.6 is 0 Å². The van der Waals surface area contributed by atoms with Crippen LogP contribution in [0.4, 0.5) is 0 Å². The number of hydrogen-bond acceptors (Lipinski definition) is 4. The van der Waals surface area contributed by atoms with E-state index >= 15 is 0 Å². The lowest BCUT2D eigenvalue weighted by Gasteiger charge is -2.44. The lowest BCUT2D eigenvalue weighted by molar-refractivity contribution is -0.0984. The Hall–Kier alpha value is -1.00. The van der Waals surface area contributed by atoms with Crippen molar-refractivity contribution in [2.75, 3.05) is 13.2 Å². The van der Waals surface area contributed by atoms with Gasteiger partial charge in [0.25, 0.3) is 0 Å². The molecule has 21 heavy (non-hydrogen) atoms. The SMILES string of the molecule is CCCNC(c1cnccn1)C1(OCC)CCC(C)CC1. The van der Waals surface area contributed by atoms with Crippen LogP contribution in [0.1, 0.15) is 64.6 Å². The first-order valence-electron chi connectivity index (χ1n) is 8.35. The summed E-state index contributed by atoms with van der Waals surface area (Å²) in [5.74, 6) is 0.798. The predicted molar refractivity (Wildman–Crippen MR) is 85.1 cm³/mol.